The number of aromatic nitrogens is 4. The summed E-state index contributed by atoms with van der Waals surface area (Å²) >= 11 is 0. The first kappa shape index (κ1) is 31.5. The van der Waals surface area contributed by atoms with Crippen LogP contribution < -0.4 is 0 Å². The van der Waals surface area contributed by atoms with E-state index in [1.165, 1.54) is 10.8 Å². The third kappa shape index (κ3) is 4.87. The maximum Gasteiger partial charge on any atom is 0.164 e. The predicted molar refractivity (Wildman–Crippen MR) is 230 cm³/mol. The van der Waals surface area contributed by atoms with Crippen molar-refractivity contribution in [1.82, 2.24) is 19.5 Å². The fraction of sp³-hybridized carbons (Fsp3) is 0. The van der Waals surface area contributed by atoms with Gasteiger partial charge in [0.15, 0.2) is 17.5 Å². The molecule has 0 saturated carbocycles. The van der Waals surface area contributed by atoms with Crippen LogP contribution in [-0.4, -0.2) is 19.5 Å². The van der Waals surface area contributed by atoms with E-state index in [1.54, 1.807) is 0 Å². The molecule has 0 aliphatic rings. The fourth-order valence-electron chi connectivity index (χ4n) is 8.59. The minimum Gasteiger partial charge on any atom is -0.456 e. The molecule has 0 saturated heterocycles. The van der Waals surface area contributed by atoms with Crippen LogP contribution in [0.15, 0.2) is 191 Å². The van der Waals surface area contributed by atoms with Crippen molar-refractivity contribution < 1.29 is 8.83 Å². The average molecular weight is 731 g/mol. The van der Waals surface area contributed by atoms with E-state index in [0.717, 1.165) is 88.4 Å². The zero-order valence-electron chi connectivity index (χ0n) is 30.4. The number of fused-ring (bicyclic) bond motifs is 9. The maximum absolute atomic E-state index is 6.58. The minimum atomic E-state index is 0.574. The number of furan rings is 2. The van der Waals surface area contributed by atoms with Crippen molar-refractivity contribution in [2.75, 3.05) is 0 Å². The van der Waals surface area contributed by atoms with Crippen LogP contribution >= 0.6 is 0 Å². The van der Waals surface area contributed by atoms with E-state index in [1.807, 2.05) is 72.8 Å². The molecule has 0 amide bonds. The van der Waals surface area contributed by atoms with Gasteiger partial charge in [-0.05, 0) is 71.8 Å². The summed E-state index contributed by atoms with van der Waals surface area (Å²) < 4.78 is 15.2. The number of para-hydroxylation sites is 3. The molecule has 0 spiro atoms. The quantitative estimate of drug-likeness (QED) is 0.176. The highest BCUT2D eigenvalue weighted by Gasteiger charge is 2.21. The molecule has 0 unspecified atom stereocenters. The van der Waals surface area contributed by atoms with Crippen molar-refractivity contribution in [3.63, 3.8) is 0 Å². The van der Waals surface area contributed by atoms with Crippen LogP contribution in [0.5, 0.6) is 0 Å². The van der Waals surface area contributed by atoms with Crippen LogP contribution in [0.2, 0.25) is 0 Å². The van der Waals surface area contributed by atoms with Crippen LogP contribution in [-0.2, 0) is 0 Å². The van der Waals surface area contributed by atoms with E-state index in [4.69, 9.17) is 23.8 Å². The highest BCUT2D eigenvalue weighted by Crippen LogP contribution is 2.44. The zero-order valence-corrected chi connectivity index (χ0v) is 30.4. The van der Waals surface area contributed by atoms with Crippen LogP contribution in [0.25, 0.3) is 117 Å². The van der Waals surface area contributed by atoms with Gasteiger partial charge in [-0.15, -0.1) is 0 Å². The Bertz CT molecular complexity index is 3530. The molecule has 0 aliphatic heterocycles. The van der Waals surface area contributed by atoms with Crippen LogP contribution in [0, 0.1) is 0 Å². The molecule has 0 fully saturated rings. The Labute approximate surface area is 325 Å². The van der Waals surface area contributed by atoms with Gasteiger partial charge in [0.1, 0.15) is 22.3 Å². The SMILES string of the molecule is c1ccc(-c2nc(-c3ccc4oc5cccc(-c6cccc7c6c6ccccc6n7-c6ccccc6)c5c4c3)nc(-c3cccc4oc5ccccc5c34)n2)cc1. The second kappa shape index (κ2) is 12.3. The van der Waals surface area contributed by atoms with Crippen molar-refractivity contribution in [1.29, 1.82) is 0 Å². The summed E-state index contributed by atoms with van der Waals surface area (Å²) in [4.78, 5) is 15.4. The molecule has 12 aromatic rings. The molecule has 266 valence electrons. The van der Waals surface area contributed by atoms with Crippen molar-refractivity contribution in [3.8, 4) is 51.0 Å². The maximum atomic E-state index is 6.58. The molecule has 0 atom stereocenters. The smallest absolute Gasteiger partial charge is 0.164 e. The molecule has 4 heterocycles. The Morgan fingerprint density at radius 2 is 0.877 bits per heavy atom. The molecule has 0 radical (unpaired) electrons. The van der Waals surface area contributed by atoms with Gasteiger partial charge in [0.05, 0.1) is 11.0 Å². The molecule has 6 nitrogen and oxygen atoms in total. The Morgan fingerprint density at radius 3 is 1.67 bits per heavy atom. The predicted octanol–water partition coefficient (Wildman–Crippen LogP) is 13.4. The summed E-state index contributed by atoms with van der Waals surface area (Å²) in [5.41, 5.74) is 11.6. The van der Waals surface area contributed by atoms with Gasteiger partial charge in [-0.2, -0.15) is 0 Å². The lowest BCUT2D eigenvalue weighted by atomic mass is 9.95. The van der Waals surface area contributed by atoms with Gasteiger partial charge in [0.2, 0.25) is 0 Å². The lowest BCUT2D eigenvalue weighted by Crippen LogP contribution is -2.00. The second-order valence-electron chi connectivity index (χ2n) is 14.3. The van der Waals surface area contributed by atoms with Crippen molar-refractivity contribution in [2.45, 2.75) is 0 Å². The van der Waals surface area contributed by atoms with E-state index >= 15 is 0 Å². The Morgan fingerprint density at radius 1 is 0.333 bits per heavy atom. The monoisotopic (exact) mass is 730 g/mol. The van der Waals surface area contributed by atoms with E-state index in [-0.39, 0.29) is 0 Å². The molecule has 6 heteroatoms. The van der Waals surface area contributed by atoms with E-state index < -0.39 is 0 Å². The topological polar surface area (TPSA) is 69.9 Å². The molecule has 0 aliphatic carbocycles. The van der Waals surface area contributed by atoms with Crippen LogP contribution in [0.4, 0.5) is 0 Å². The van der Waals surface area contributed by atoms with Gasteiger partial charge < -0.3 is 13.4 Å². The largest absolute Gasteiger partial charge is 0.456 e. The number of nitrogens with zero attached hydrogens (tertiary/aromatic N) is 4. The molecular formula is C51H30N4O2. The first-order valence-corrected chi connectivity index (χ1v) is 19.0. The summed E-state index contributed by atoms with van der Waals surface area (Å²) in [6.07, 6.45) is 0. The summed E-state index contributed by atoms with van der Waals surface area (Å²) in [5, 5.41) is 6.44. The van der Waals surface area contributed by atoms with Gasteiger partial charge in [0.25, 0.3) is 0 Å². The van der Waals surface area contributed by atoms with E-state index in [0.29, 0.717) is 17.5 Å². The molecule has 4 aromatic heterocycles. The zero-order chi connectivity index (χ0) is 37.5. The minimum absolute atomic E-state index is 0.574. The normalized spacial score (nSPS) is 11.9. The number of rotatable bonds is 5. The Hall–Kier alpha value is -7.83. The van der Waals surface area contributed by atoms with E-state index in [9.17, 15) is 0 Å². The first-order valence-electron chi connectivity index (χ1n) is 19.0. The third-order valence-electron chi connectivity index (χ3n) is 11.1. The molecule has 8 aromatic carbocycles. The second-order valence-corrected chi connectivity index (χ2v) is 14.3. The third-order valence-corrected chi connectivity index (χ3v) is 11.1. The van der Waals surface area contributed by atoms with Crippen LogP contribution in [0.1, 0.15) is 0 Å². The summed E-state index contributed by atoms with van der Waals surface area (Å²) in [6.45, 7) is 0. The number of hydrogen-bond acceptors (Lipinski definition) is 5. The summed E-state index contributed by atoms with van der Waals surface area (Å²) in [6, 6.07) is 62.6. The van der Waals surface area contributed by atoms with Crippen molar-refractivity contribution >= 4 is 65.7 Å². The molecule has 0 bridgehead atoms. The lowest BCUT2D eigenvalue weighted by molar-refractivity contribution is 0.668. The van der Waals surface area contributed by atoms with Gasteiger partial charge in [-0.1, -0.05) is 121 Å². The highest BCUT2D eigenvalue weighted by atomic mass is 16.3. The van der Waals surface area contributed by atoms with Crippen molar-refractivity contribution in [3.05, 3.63) is 182 Å². The number of hydrogen-bond donors (Lipinski definition) is 0. The lowest BCUT2D eigenvalue weighted by Gasteiger charge is -2.10. The van der Waals surface area contributed by atoms with Gasteiger partial charge in [-0.25, -0.2) is 15.0 Å². The molecular weight excluding hydrogens is 701 g/mol. The number of benzene rings is 8. The van der Waals surface area contributed by atoms with Gasteiger partial charge in [-0.3, -0.25) is 0 Å². The van der Waals surface area contributed by atoms with Gasteiger partial charge in [0, 0.05) is 54.7 Å². The standard InChI is InChI=1S/C51H30N4O2/c1-3-14-31(15-4-1)49-52-50(54-51(53-49)38-22-13-27-45-48(38)37-19-8-10-25-42(37)56-45)32-28-29-43-39(30-32)47-35(21-12-26-44(47)57-43)34-20-11-24-41-46(34)36-18-7-9-23-40(36)55(41)33-16-5-2-6-17-33/h1-30H. The fourth-order valence-corrected chi connectivity index (χ4v) is 8.59. The average Bonchev–Trinajstić information content (AvgIpc) is 3.96. The molecule has 0 N–H and O–H groups in total. The molecule has 57 heavy (non-hydrogen) atoms. The first-order chi connectivity index (χ1) is 28.3. The van der Waals surface area contributed by atoms with Crippen molar-refractivity contribution in [2.24, 2.45) is 0 Å². The molecule has 12 rings (SSSR count). The Kier molecular flexibility index (Phi) is 6.83. The highest BCUT2D eigenvalue weighted by molar-refractivity contribution is 6.21. The van der Waals surface area contributed by atoms with Gasteiger partial charge >= 0.3 is 0 Å². The summed E-state index contributed by atoms with van der Waals surface area (Å²) in [5.74, 6) is 1.75. The Balaban J connectivity index is 1.09. The summed E-state index contributed by atoms with van der Waals surface area (Å²) in [7, 11) is 0. The van der Waals surface area contributed by atoms with Crippen LogP contribution in [0.3, 0.4) is 0 Å². The van der Waals surface area contributed by atoms with E-state index in [2.05, 4.69) is 114 Å².